The average molecular weight is 726 g/mol. The maximum atomic E-state index is 13.7. The number of aromatic nitrogens is 4. The van der Waals surface area contributed by atoms with E-state index in [4.69, 9.17) is 21.5 Å². The van der Waals surface area contributed by atoms with Crippen LogP contribution in [-0.2, 0) is 24.6 Å². The SMILES string of the molecule is C=C(F)Cn1cc(-c2cnc(C(=O)Nc3ccc(C(=O)NC4[C@H]5CN(C(=O)N[C@H]6CNC[C@@H]6O)C[C@@H]45)c(Cl)c3)n2C)c(C(F)(F)F)n1.O=CO. The summed E-state index contributed by atoms with van der Waals surface area (Å²) in [7, 11) is 1.35. The van der Waals surface area contributed by atoms with Gasteiger partial charge in [-0.2, -0.15) is 18.3 Å². The van der Waals surface area contributed by atoms with Crippen LogP contribution in [-0.4, -0.2) is 103 Å². The van der Waals surface area contributed by atoms with E-state index in [1.54, 1.807) is 4.90 Å². The number of carboxylic acid groups (broad SMARTS) is 1. The van der Waals surface area contributed by atoms with E-state index in [0.717, 1.165) is 21.6 Å². The molecule has 6 N–H and O–H groups in total. The number of aliphatic hydroxyl groups excluding tert-OH is 1. The second-order valence-electron chi connectivity index (χ2n) is 11.9. The number of nitrogens with zero attached hydrogens (tertiary/aromatic N) is 5. The predicted molar refractivity (Wildman–Crippen MR) is 169 cm³/mol. The lowest BCUT2D eigenvalue weighted by Gasteiger charge is -2.24. The number of carbonyl (C=O) groups is 4. The summed E-state index contributed by atoms with van der Waals surface area (Å²) in [5.41, 5.74) is -1.38. The van der Waals surface area contributed by atoms with Crippen LogP contribution >= 0.6 is 11.6 Å². The molecule has 1 aromatic carbocycles. The van der Waals surface area contributed by atoms with Gasteiger partial charge in [-0.3, -0.25) is 19.1 Å². The van der Waals surface area contributed by atoms with Crippen molar-refractivity contribution in [3.8, 4) is 11.3 Å². The highest BCUT2D eigenvalue weighted by atomic mass is 35.5. The fourth-order valence-corrected chi connectivity index (χ4v) is 6.37. The van der Waals surface area contributed by atoms with Crippen LogP contribution in [0.25, 0.3) is 11.3 Å². The first-order valence-corrected chi connectivity index (χ1v) is 15.4. The lowest BCUT2D eigenvalue weighted by Crippen LogP contribution is -2.49. The molecule has 6 rings (SSSR count). The van der Waals surface area contributed by atoms with E-state index in [-0.39, 0.29) is 64.2 Å². The molecule has 50 heavy (non-hydrogen) atoms. The van der Waals surface area contributed by atoms with Crippen LogP contribution in [0.1, 0.15) is 26.7 Å². The quantitative estimate of drug-likeness (QED) is 0.149. The molecule has 3 aromatic rings. The van der Waals surface area contributed by atoms with Crippen LogP contribution < -0.4 is 21.3 Å². The fourth-order valence-electron chi connectivity index (χ4n) is 6.11. The summed E-state index contributed by atoms with van der Waals surface area (Å²) in [6.45, 7) is 4.09. The average Bonchev–Trinajstić information content (AvgIpc) is 3.59. The van der Waals surface area contributed by atoms with Gasteiger partial charge in [0, 0.05) is 63.0 Å². The van der Waals surface area contributed by atoms with E-state index in [1.807, 2.05) is 0 Å². The second kappa shape index (κ2) is 14.5. The highest BCUT2D eigenvalue weighted by Crippen LogP contribution is 2.45. The third-order valence-corrected chi connectivity index (χ3v) is 8.89. The van der Waals surface area contributed by atoms with Crippen LogP contribution in [0.3, 0.4) is 0 Å². The Morgan fingerprint density at radius 2 is 1.84 bits per heavy atom. The van der Waals surface area contributed by atoms with Crippen molar-refractivity contribution in [1.82, 2.24) is 40.2 Å². The van der Waals surface area contributed by atoms with Crippen LogP contribution in [0, 0.1) is 11.8 Å². The van der Waals surface area contributed by atoms with Gasteiger partial charge in [0.05, 0.1) is 46.7 Å². The minimum absolute atomic E-state index is 0.0491. The normalized spacial score (nSPS) is 22.2. The van der Waals surface area contributed by atoms with Gasteiger partial charge in [-0.05, 0) is 18.2 Å². The van der Waals surface area contributed by atoms with E-state index in [2.05, 4.69) is 37.9 Å². The second-order valence-corrected chi connectivity index (χ2v) is 12.3. The van der Waals surface area contributed by atoms with E-state index in [9.17, 15) is 37.1 Å². The van der Waals surface area contributed by atoms with Gasteiger partial charge in [0.1, 0.15) is 5.83 Å². The molecule has 15 nitrogen and oxygen atoms in total. The van der Waals surface area contributed by atoms with Gasteiger partial charge in [0.2, 0.25) is 0 Å². The van der Waals surface area contributed by atoms with E-state index >= 15 is 0 Å². The summed E-state index contributed by atoms with van der Waals surface area (Å²) < 4.78 is 56.2. The number of alkyl halides is 3. The van der Waals surface area contributed by atoms with Crippen LogP contribution in [0.2, 0.25) is 5.02 Å². The molecule has 3 fully saturated rings. The summed E-state index contributed by atoms with van der Waals surface area (Å²) in [6, 6.07) is 3.52. The molecule has 0 radical (unpaired) electrons. The molecule has 4 heterocycles. The highest BCUT2D eigenvalue weighted by Gasteiger charge is 2.57. The minimum atomic E-state index is -4.86. The van der Waals surface area contributed by atoms with E-state index < -0.39 is 47.7 Å². The Hall–Kier alpha value is -5.01. The zero-order chi connectivity index (χ0) is 36.5. The number of likely N-dealkylation sites (tertiary alicyclic amines) is 1. The highest BCUT2D eigenvalue weighted by molar-refractivity contribution is 6.34. The lowest BCUT2D eigenvalue weighted by molar-refractivity contribution is -0.141. The molecular formula is C30H32ClF4N9O6. The van der Waals surface area contributed by atoms with Gasteiger partial charge in [0.25, 0.3) is 18.3 Å². The maximum Gasteiger partial charge on any atom is 0.435 e. The Bertz CT molecular complexity index is 1800. The Kier molecular flexibility index (Phi) is 10.5. The number of anilines is 1. The summed E-state index contributed by atoms with van der Waals surface area (Å²) in [5, 5.41) is 31.6. The van der Waals surface area contributed by atoms with Crippen molar-refractivity contribution >= 4 is 41.6 Å². The summed E-state index contributed by atoms with van der Waals surface area (Å²) in [5.74, 6) is -2.10. The van der Waals surface area contributed by atoms with Crippen molar-refractivity contribution in [1.29, 1.82) is 0 Å². The van der Waals surface area contributed by atoms with Crippen LogP contribution in [0.5, 0.6) is 0 Å². The number of hydrogen-bond donors (Lipinski definition) is 6. The lowest BCUT2D eigenvalue weighted by atomic mass is 10.2. The number of allylic oxidation sites excluding steroid dienone is 1. The Morgan fingerprint density at radius 3 is 2.42 bits per heavy atom. The molecule has 0 bridgehead atoms. The van der Waals surface area contributed by atoms with E-state index in [1.165, 1.54) is 25.2 Å². The molecule has 2 aromatic heterocycles. The molecule has 1 saturated carbocycles. The van der Waals surface area contributed by atoms with Crippen molar-refractivity contribution in [2.45, 2.75) is 30.9 Å². The van der Waals surface area contributed by atoms with Gasteiger partial charge in [-0.25, -0.2) is 14.2 Å². The van der Waals surface area contributed by atoms with Gasteiger partial charge in [-0.15, -0.1) is 0 Å². The molecule has 1 unspecified atom stereocenters. The number of urea groups is 1. The molecular weight excluding hydrogens is 694 g/mol. The Labute approximate surface area is 286 Å². The number of carbonyl (C=O) groups excluding carboxylic acids is 3. The number of aliphatic hydroxyl groups is 1. The van der Waals surface area contributed by atoms with Crippen molar-refractivity contribution in [2.24, 2.45) is 18.9 Å². The van der Waals surface area contributed by atoms with Crippen LogP contribution in [0.4, 0.5) is 28.0 Å². The molecule has 268 valence electrons. The van der Waals surface area contributed by atoms with Crippen molar-refractivity contribution in [3.05, 3.63) is 65.1 Å². The van der Waals surface area contributed by atoms with E-state index in [0.29, 0.717) is 26.2 Å². The monoisotopic (exact) mass is 725 g/mol. The Balaban J connectivity index is 0.00000156. The van der Waals surface area contributed by atoms with Crippen LogP contribution in [0.15, 0.2) is 43.0 Å². The predicted octanol–water partition coefficient (Wildman–Crippen LogP) is 2.09. The number of halogens is 5. The largest absolute Gasteiger partial charge is 0.483 e. The van der Waals surface area contributed by atoms with Gasteiger partial charge < -0.3 is 40.9 Å². The molecule has 5 atom stereocenters. The Morgan fingerprint density at radius 1 is 1.16 bits per heavy atom. The first kappa shape index (κ1) is 36.3. The molecule has 0 spiro atoms. The molecule has 20 heteroatoms. The minimum Gasteiger partial charge on any atom is -0.483 e. The number of imidazole rings is 1. The number of β-amino-alcohol motifs (C(OH)–C–C–N with tert-alkyl or cyclic N) is 1. The number of fused-ring (bicyclic) bond motifs is 1. The van der Waals surface area contributed by atoms with Crippen molar-refractivity contribution in [2.75, 3.05) is 31.5 Å². The number of piperidine rings is 1. The number of nitrogens with one attached hydrogen (secondary N) is 4. The third kappa shape index (κ3) is 7.74. The maximum absolute atomic E-state index is 13.7. The molecule has 2 aliphatic heterocycles. The van der Waals surface area contributed by atoms with Crippen molar-refractivity contribution in [3.63, 3.8) is 0 Å². The number of benzene rings is 1. The van der Waals surface area contributed by atoms with Gasteiger partial charge >= 0.3 is 12.2 Å². The van der Waals surface area contributed by atoms with Gasteiger partial charge in [-0.1, -0.05) is 18.2 Å². The summed E-state index contributed by atoms with van der Waals surface area (Å²) in [4.78, 5) is 52.6. The number of amides is 4. The van der Waals surface area contributed by atoms with Crippen molar-refractivity contribution < 1.29 is 47.0 Å². The third-order valence-electron chi connectivity index (χ3n) is 8.57. The summed E-state index contributed by atoms with van der Waals surface area (Å²) in [6.07, 6.45) is -3.42. The van der Waals surface area contributed by atoms with Gasteiger partial charge in [0.15, 0.2) is 11.5 Å². The number of rotatable bonds is 8. The molecule has 4 amide bonds. The fraction of sp³-hybridized carbons (Fsp3) is 0.400. The first-order valence-electron chi connectivity index (χ1n) is 15.1. The molecule has 3 aliphatic rings. The number of hydrogen-bond acceptors (Lipinski definition) is 8. The first-order chi connectivity index (χ1) is 23.6. The molecule has 1 aliphatic carbocycles. The topological polar surface area (TPSA) is 196 Å². The smallest absolute Gasteiger partial charge is 0.435 e. The standard InChI is InChI=1S/C29H30ClF4N9O4.CH2O2/c1-13(31)9-43-12-18(24(40-43)29(32,33)34)21-7-36-25(41(21)2)27(46)37-14-3-4-15(19(30)5-14)26(45)39-23-16-10-42(11-17(16)23)28(47)38-20-6-35-8-22(20)44;2-1-3/h3-5,7,12,16-17,20,22-23,35,44H,1,6,8-11H2,2H3,(H,37,46)(H,38,47)(H,39,45);1H,(H,2,3)/t16-,17+,20-,22-,23?;/m0./s1. The zero-order valence-corrected chi connectivity index (χ0v) is 27.0. The molecule has 2 saturated heterocycles. The summed E-state index contributed by atoms with van der Waals surface area (Å²) >= 11 is 6.38. The zero-order valence-electron chi connectivity index (χ0n) is 26.2.